The maximum absolute atomic E-state index is 15.2. The molecule has 0 fully saturated rings. The molecule has 0 radical (unpaired) electrons. The summed E-state index contributed by atoms with van der Waals surface area (Å²) in [5.74, 6) is -2.16. The van der Waals surface area contributed by atoms with Crippen molar-refractivity contribution in [3.8, 4) is 34.2 Å². The van der Waals surface area contributed by atoms with Gasteiger partial charge < -0.3 is 10.5 Å². The molecule has 0 unspecified atom stereocenters. The number of halogens is 2. The third-order valence-electron chi connectivity index (χ3n) is 5.68. The van der Waals surface area contributed by atoms with E-state index in [1.165, 1.54) is 34.9 Å². The molecule has 11 heteroatoms. The molecule has 1 aliphatic rings. The lowest BCUT2D eigenvalue weighted by Gasteiger charge is -2.20. The molecule has 0 amide bonds. The van der Waals surface area contributed by atoms with Gasteiger partial charge in [0.05, 0.1) is 11.1 Å². The third-order valence-corrected chi connectivity index (χ3v) is 5.68. The van der Waals surface area contributed by atoms with Crippen LogP contribution in [-0.4, -0.2) is 30.3 Å². The second-order valence-corrected chi connectivity index (χ2v) is 7.92. The highest BCUT2D eigenvalue weighted by Gasteiger charge is 2.32. The standard InChI is InChI=1S/C23H17F2N7O2/c1-10-13-5-12(24)6-15(25)19(13)20-14(9-31(2)29-20)22(33)21-18(16(7-26)32(3)30-21)11-4-17(34-10)23(27)28-8-11/h4-6,8-10H,1-3H3,(H2,27,28)/t10-/m1/s1. The minimum Gasteiger partial charge on any atom is -0.482 e. The largest absolute Gasteiger partial charge is 0.482 e. The van der Waals surface area contributed by atoms with Gasteiger partial charge in [0.15, 0.2) is 11.6 Å². The SMILES string of the molecule is C[C@H]1Oc2cc(cnc2N)-c2c(nn(C)c2C#N)C(=O)c2cn(C)nc2-c2c(F)cc(F)cc21. The number of ketones is 1. The Kier molecular flexibility index (Phi) is 4.68. The van der Waals surface area contributed by atoms with Gasteiger partial charge in [-0.25, -0.2) is 13.8 Å². The first-order chi connectivity index (χ1) is 16.2. The maximum atomic E-state index is 15.2. The molecular weight excluding hydrogens is 444 g/mol. The van der Waals surface area contributed by atoms with Crippen molar-refractivity contribution >= 4 is 11.6 Å². The minimum atomic E-state index is -0.908. The number of carbonyl (C=O) groups is 1. The fourth-order valence-corrected chi connectivity index (χ4v) is 4.16. The van der Waals surface area contributed by atoms with Crippen molar-refractivity contribution in [3.63, 3.8) is 0 Å². The number of nitrogen functional groups attached to an aromatic ring is 1. The average molecular weight is 461 g/mol. The van der Waals surface area contributed by atoms with Crippen LogP contribution in [0.15, 0.2) is 30.6 Å². The molecule has 4 heterocycles. The zero-order valence-corrected chi connectivity index (χ0v) is 18.3. The van der Waals surface area contributed by atoms with Crippen molar-refractivity contribution in [2.45, 2.75) is 13.0 Å². The highest BCUT2D eigenvalue weighted by molar-refractivity contribution is 6.15. The van der Waals surface area contributed by atoms with E-state index in [0.717, 1.165) is 12.1 Å². The summed E-state index contributed by atoms with van der Waals surface area (Å²) in [6.45, 7) is 1.59. The van der Waals surface area contributed by atoms with Crippen molar-refractivity contribution < 1.29 is 18.3 Å². The van der Waals surface area contributed by atoms with Crippen molar-refractivity contribution in [1.29, 1.82) is 5.26 Å². The lowest BCUT2D eigenvalue weighted by Crippen LogP contribution is -2.12. The van der Waals surface area contributed by atoms with Gasteiger partial charge in [-0.1, -0.05) is 0 Å². The van der Waals surface area contributed by atoms with Gasteiger partial charge in [-0.05, 0) is 19.1 Å². The molecule has 1 atom stereocenters. The topological polar surface area (TPSA) is 125 Å². The van der Waals surface area contributed by atoms with E-state index in [2.05, 4.69) is 21.3 Å². The number of carbonyl (C=O) groups excluding carboxylic acids is 1. The van der Waals surface area contributed by atoms with E-state index in [-0.39, 0.29) is 50.9 Å². The Bertz CT molecular complexity index is 1550. The van der Waals surface area contributed by atoms with Gasteiger partial charge in [-0.3, -0.25) is 14.2 Å². The molecule has 1 aromatic carbocycles. The first kappa shape index (κ1) is 21.3. The Hall–Kier alpha value is -4.59. The van der Waals surface area contributed by atoms with Crippen LogP contribution in [0.4, 0.5) is 14.6 Å². The summed E-state index contributed by atoms with van der Waals surface area (Å²) >= 11 is 0. The van der Waals surface area contributed by atoms with Crippen LogP contribution in [0.2, 0.25) is 0 Å². The molecule has 4 aromatic rings. The highest BCUT2D eigenvalue weighted by Crippen LogP contribution is 2.40. The number of benzene rings is 1. The highest BCUT2D eigenvalue weighted by atomic mass is 19.1. The van der Waals surface area contributed by atoms with Gasteiger partial charge in [0.2, 0.25) is 5.78 Å². The minimum absolute atomic E-state index is 0.000826. The predicted molar refractivity (Wildman–Crippen MR) is 117 cm³/mol. The Morgan fingerprint density at radius 1 is 1.15 bits per heavy atom. The summed E-state index contributed by atoms with van der Waals surface area (Å²) < 4.78 is 38.1. The number of nitriles is 1. The maximum Gasteiger partial charge on any atom is 0.217 e. The van der Waals surface area contributed by atoms with Crippen LogP contribution in [-0.2, 0) is 14.1 Å². The molecule has 2 N–H and O–H groups in total. The number of rotatable bonds is 0. The van der Waals surface area contributed by atoms with E-state index < -0.39 is 23.5 Å². The Morgan fingerprint density at radius 2 is 1.91 bits per heavy atom. The van der Waals surface area contributed by atoms with Crippen LogP contribution in [0.5, 0.6) is 5.75 Å². The second-order valence-electron chi connectivity index (χ2n) is 7.92. The Balaban J connectivity index is 1.92. The fourth-order valence-electron chi connectivity index (χ4n) is 4.16. The lowest BCUT2D eigenvalue weighted by molar-refractivity contribution is 0.103. The van der Waals surface area contributed by atoms with Gasteiger partial charge in [-0.2, -0.15) is 15.5 Å². The summed E-state index contributed by atoms with van der Waals surface area (Å²) in [6, 6.07) is 5.43. The van der Waals surface area contributed by atoms with Crippen molar-refractivity contribution in [2.75, 3.05) is 5.73 Å². The van der Waals surface area contributed by atoms with E-state index in [4.69, 9.17) is 10.5 Å². The van der Waals surface area contributed by atoms with Crippen LogP contribution in [0.25, 0.3) is 22.4 Å². The van der Waals surface area contributed by atoms with Gasteiger partial charge >= 0.3 is 0 Å². The zero-order valence-electron chi connectivity index (χ0n) is 18.3. The zero-order chi connectivity index (χ0) is 24.3. The molecule has 0 spiro atoms. The molecule has 5 rings (SSSR count). The first-order valence-corrected chi connectivity index (χ1v) is 10.2. The number of fused-ring (bicyclic) bond motifs is 7. The van der Waals surface area contributed by atoms with Gasteiger partial charge in [0.25, 0.3) is 0 Å². The summed E-state index contributed by atoms with van der Waals surface area (Å²) in [5, 5.41) is 18.3. The quantitative estimate of drug-likeness (QED) is 0.426. The molecule has 9 nitrogen and oxygen atoms in total. The van der Waals surface area contributed by atoms with E-state index >= 15 is 4.39 Å². The van der Waals surface area contributed by atoms with Crippen LogP contribution in [0.1, 0.15) is 40.3 Å². The number of ether oxygens (including phenoxy) is 1. The normalized spacial score (nSPS) is 14.7. The van der Waals surface area contributed by atoms with Gasteiger partial charge in [0.1, 0.15) is 40.9 Å². The monoisotopic (exact) mass is 461 g/mol. The summed E-state index contributed by atoms with van der Waals surface area (Å²) in [7, 11) is 3.11. The number of pyridine rings is 1. The molecular formula is C23H17F2N7O2. The predicted octanol–water partition coefficient (Wildman–Crippen LogP) is 3.30. The molecule has 2 bridgehead atoms. The Labute approximate surface area is 192 Å². The third kappa shape index (κ3) is 3.11. The van der Waals surface area contributed by atoms with Crippen molar-refractivity contribution in [1.82, 2.24) is 24.5 Å². The van der Waals surface area contributed by atoms with E-state index in [1.807, 2.05) is 0 Å². The molecule has 0 aliphatic carbocycles. The van der Waals surface area contributed by atoms with Crippen molar-refractivity contribution in [3.05, 3.63) is 64.7 Å². The molecule has 34 heavy (non-hydrogen) atoms. The molecule has 0 saturated carbocycles. The smallest absolute Gasteiger partial charge is 0.217 e. The second kappa shape index (κ2) is 7.48. The molecule has 170 valence electrons. The van der Waals surface area contributed by atoms with Crippen molar-refractivity contribution in [2.24, 2.45) is 14.1 Å². The molecule has 0 saturated heterocycles. The number of aromatic nitrogens is 5. The number of nitrogens with two attached hydrogens (primary N) is 1. The van der Waals surface area contributed by atoms with Gasteiger partial charge in [-0.15, -0.1) is 0 Å². The number of hydrogen-bond acceptors (Lipinski definition) is 7. The van der Waals surface area contributed by atoms with E-state index in [0.29, 0.717) is 5.56 Å². The van der Waals surface area contributed by atoms with Gasteiger partial charge in [0, 0.05) is 49.2 Å². The van der Waals surface area contributed by atoms with Crippen LogP contribution >= 0.6 is 0 Å². The summed E-state index contributed by atoms with van der Waals surface area (Å²) in [5.41, 5.74) is 6.76. The number of nitrogens with zero attached hydrogens (tertiary/aromatic N) is 6. The molecule has 1 aliphatic heterocycles. The van der Waals surface area contributed by atoms with Crippen LogP contribution in [0.3, 0.4) is 0 Å². The Morgan fingerprint density at radius 3 is 2.65 bits per heavy atom. The summed E-state index contributed by atoms with van der Waals surface area (Å²) in [6.07, 6.45) is 1.94. The lowest BCUT2D eigenvalue weighted by atomic mass is 9.93. The number of hydrogen-bond donors (Lipinski definition) is 1. The molecule has 3 aromatic heterocycles. The fraction of sp³-hybridized carbons (Fsp3) is 0.174. The average Bonchev–Trinajstić information content (AvgIpc) is 3.33. The number of anilines is 1. The summed E-state index contributed by atoms with van der Waals surface area (Å²) in [4.78, 5) is 17.9. The van der Waals surface area contributed by atoms with E-state index in [9.17, 15) is 14.4 Å². The number of aryl methyl sites for hydroxylation is 2. The van der Waals surface area contributed by atoms with Crippen LogP contribution < -0.4 is 10.5 Å². The first-order valence-electron chi connectivity index (χ1n) is 10.2. The van der Waals surface area contributed by atoms with E-state index in [1.54, 1.807) is 14.0 Å². The van der Waals surface area contributed by atoms with Crippen LogP contribution in [0, 0.1) is 23.0 Å².